The third kappa shape index (κ3) is 3.63. The smallest absolute Gasteiger partial charge is 0.380 e. The Hall–Kier alpha value is -1.43. The lowest BCUT2D eigenvalue weighted by molar-refractivity contribution is -0.141. The van der Waals surface area contributed by atoms with Gasteiger partial charge in [-0.1, -0.05) is 13.8 Å². The van der Waals surface area contributed by atoms with Gasteiger partial charge in [-0.2, -0.15) is 0 Å². The summed E-state index contributed by atoms with van der Waals surface area (Å²) in [5.74, 6) is -0.268. The van der Waals surface area contributed by atoms with Crippen LogP contribution in [-0.2, 0) is 9.53 Å². The molecule has 24 heavy (non-hydrogen) atoms. The van der Waals surface area contributed by atoms with Crippen molar-refractivity contribution in [1.29, 1.82) is 0 Å². The standard InChI is InChI=1S/C18H25BrN2O3/c1-9(2)13-7-21(8-13)16-14(11(5)20-12(6)15(16)19)17(22)18(23)24-10(3)4/h9-10,13H,7-8H2,1-6H3. The third-order valence-corrected chi connectivity index (χ3v) is 5.33. The molecule has 1 aliphatic heterocycles. The first-order valence-electron chi connectivity index (χ1n) is 8.30. The zero-order valence-electron chi connectivity index (χ0n) is 15.1. The van der Waals surface area contributed by atoms with Crippen LogP contribution in [0.3, 0.4) is 0 Å². The van der Waals surface area contributed by atoms with Crippen LogP contribution in [0.5, 0.6) is 0 Å². The lowest BCUT2D eigenvalue weighted by Crippen LogP contribution is -2.50. The van der Waals surface area contributed by atoms with Crippen LogP contribution in [0.1, 0.15) is 49.4 Å². The van der Waals surface area contributed by atoms with Gasteiger partial charge in [0.1, 0.15) is 0 Å². The monoisotopic (exact) mass is 396 g/mol. The van der Waals surface area contributed by atoms with Crippen LogP contribution in [0, 0.1) is 25.7 Å². The molecule has 0 N–H and O–H groups in total. The minimum Gasteiger partial charge on any atom is -0.457 e. The van der Waals surface area contributed by atoms with Gasteiger partial charge in [0.2, 0.25) is 0 Å². The molecular formula is C18H25BrN2O3. The van der Waals surface area contributed by atoms with E-state index in [-0.39, 0.29) is 6.10 Å². The highest BCUT2D eigenvalue weighted by Gasteiger charge is 2.36. The summed E-state index contributed by atoms with van der Waals surface area (Å²) >= 11 is 3.56. The summed E-state index contributed by atoms with van der Waals surface area (Å²) in [6.07, 6.45) is -0.332. The summed E-state index contributed by atoms with van der Waals surface area (Å²) in [5, 5.41) is 0. The van der Waals surface area contributed by atoms with Crippen LogP contribution in [0.15, 0.2) is 4.47 Å². The fourth-order valence-corrected chi connectivity index (χ4v) is 3.40. The van der Waals surface area contributed by atoms with E-state index in [9.17, 15) is 9.59 Å². The first-order valence-corrected chi connectivity index (χ1v) is 9.09. The lowest BCUT2D eigenvalue weighted by atomic mass is 9.87. The summed E-state index contributed by atoms with van der Waals surface area (Å²) in [4.78, 5) is 31.4. The number of ether oxygens (including phenoxy) is 1. The van der Waals surface area contributed by atoms with E-state index < -0.39 is 11.8 Å². The Balaban J connectivity index is 2.42. The van der Waals surface area contributed by atoms with E-state index in [0.717, 1.165) is 28.9 Å². The van der Waals surface area contributed by atoms with Crippen LogP contribution >= 0.6 is 15.9 Å². The third-order valence-electron chi connectivity index (χ3n) is 4.38. The van der Waals surface area contributed by atoms with Crippen molar-refractivity contribution in [2.45, 2.75) is 47.6 Å². The number of hydrogen-bond acceptors (Lipinski definition) is 5. The average molecular weight is 397 g/mol. The molecule has 6 heteroatoms. The molecule has 1 aromatic heterocycles. The number of pyridine rings is 1. The van der Waals surface area contributed by atoms with Gasteiger partial charge in [0.05, 0.1) is 33.2 Å². The number of nitrogens with zero attached hydrogens (tertiary/aromatic N) is 2. The van der Waals surface area contributed by atoms with Gasteiger partial charge in [0.25, 0.3) is 5.78 Å². The second-order valence-electron chi connectivity index (χ2n) is 7.01. The molecule has 1 aromatic rings. The average Bonchev–Trinajstić information content (AvgIpc) is 2.40. The summed E-state index contributed by atoms with van der Waals surface area (Å²) < 4.78 is 5.86. The van der Waals surface area contributed by atoms with Gasteiger partial charge < -0.3 is 9.64 Å². The van der Waals surface area contributed by atoms with E-state index in [1.807, 2.05) is 6.92 Å². The van der Waals surface area contributed by atoms with Crippen molar-refractivity contribution in [3.05, 3.63) is 21.4 Å². The number of carbonyl (C=O) groups excluding carboxylic acids is 2. The Morgan fingerprint density at radius 2 is 1.75 bits per heavy atom. The summed E-state index contributed by atoms with van der Waals surface area (Å²) in [7, 11) is 0. The van der Waals surface area contributed by atoms with Crippen LogP contribution in [0.25, 0.3) is 0 Å². The molecule has 2 rings (SSSR count). The zero-order valence-corrected chi connectivity index (χ0v) is 16.7. The SMILES string of the molecule is Cc1nc(C)c(C(=O)C(=O)OC(C)C)c(N2CC(C(C)C)C2)c1Br. The predicted octanol–water partition coefficient (Wildman–Crippen LogP) is 3.69. The Kier molecular flexibility index (Phi) is 5.68. The van der Waals surface area contributed by atoms with E-state index in [1.54, 1.807) is 20.8 Å². The molecule has 2 heterocycles. The highest BCUT2D eigenvalue weighted by molar-refractivity contribution is 9.10. The Bertz CT molecular complexity index is 665. The highest BCUT2D eigenvalue weighted by Crippen LogP contribution is 2.39. The quantitative estimate of drug-likeness (QED) is 0.431. The highest BCUT2D eigenvalue weighted by atomic mass is 79.9. The van der Waals surface area contributed by atoms with Crippen molar-refractivity contribution in [1.82, 2.24) is 4.98 Å². The number of aryl methyl sites for hydroxylation is 2. The van der Waals surface area contributed by atoms with Gasteiger partial charge in [-0.25, -0.2) is 4.79 Å². The van der Waals surface area contributed by atoms with E-state index in [4.69, 9.17) is 4.74 Å². The number of hydrogen-bond donors (Lipinski definition) is 0. The molecule has 0 bridgehead atoms. The number of carbonyl (C=O) groups is 2. The molecule has 0 atom stereocenters. The Morgan fingerprint density at radius 1 is 1.17 bits per heavy atom. The first-order chi connectivity index (χ1) is 11.1. The molecule has 0 amide bonds. The van der Waals surface area contributed by atoms with Crippen molar-refractivity contribution in [2.24, 2.45) is 11.8 Å². The summed E-state index contributed by atoms with van der Waals surface area (Å²) in [6, 6.07) is 0. The number of halogens is 1. The Morgan fingerprint density at radius 3 is 2.25 bits per heavy atom. The maximum atomic E-state index is 12.7. The van der Waals surface area contributed by atoms with Crippen molar-refractivity contribution in [2.75, 3.05) is 18.0 Å². The minimum atomic E-state index is -0.826. The molecule has 0 spiro atoms. The fraction of sp³-hybridized carbons (Fsp3) is 0.611. The molecule has 1 fully saturated rings. The van der Waals surface area contributed by atoms with E-state index >= 15 is 0 Å². The predicted molar refractivity (Wildman–Crippen MR) is 97.5 cm³/mol. The topological polar surface area (TPSA) is 59.5 Å². The van der Waals surface area contributed by atoms with Gasteiger partial charge in [-0.15, -0.1) is 0 Å². The number of Topliss-reactive ketones (excluding diaryl/α,β-unsaturated/α-hetero) is 1. The van der Waals surface area contributed by atoms with Crippen LogP contribution < -0.4 is 4.90 Å². The molecule has 0 aliphatic carbocycles. The summed E-state index contributed by atoms with van der Waals surface area (Å²) in [6.45, 7) is 13.3. The maximum absolute atomic E-state index is 12.7. The van der Waals surface area contributed by atoms with Crippen molar-refractivity contribution in [3.8, 4) is 0 Å². The molecule has 0 unspecified atom stereocenters. The van der Waals surface area contributed by atoms with Crippen LogP contribution in [0.4, 0.5) is 5.69 Å². The minimum absolute atomic E-state index is 0.332. The number of rotatable bonds is 5. The number of esters is 1. The largest absolute Gasteiger partial charge is 0.457 e. The molecule has 0 aromatic carbocycles. The molecule has 0 radical (unpaired) electrons. The molecule has 5 nitrogen and oxygen atoms in total. The second kappa shape index (κ2) is 7.21. The van der Waals surface area contributed by atoms with Crippen molar-refractivity contribution in [3.63, 3.8) is 0 Å². The van der Waals surface area contributed by atoms with Crippen LogP contribution in [0.2, 0.25) is 0 Å². The first kappa shape index (κ1) is 18.9. The molecule has 1 aliphatic rings. The van der Waals surface area contributed by atoms with Gasteiger partial charge in [-0.3, -0.25) is 9.78 Å². The van der Waals surface area contributed by atoms with Gasteiger partial charge in [0, 0.05) is 13.1 Å². The normalized spacial score (nSPS) is 15.0. The van der Waals surface area contributed by atoms with Gasteiger partial charge >= 0.3 is 5.97 Å². The molecule has 132 valence electrons. The second-order valence-corrected chi connectivity index (χ2v) is 7.81. The van der Waals surface area contributed by atoms with Crippen molar-refractivity contribution >= 4 is 33.4 Å². The molecule has 1 saturated heterocycles. The molecule has 0 saturated carbocycles. The van der Waals surface area contributed by atoms with E-state index in [1.165, 1.54) is 0 Å². The molecular weight excluding hydrogens is 372 g/mol. The van der Waals surface area contributed by atoms with Gasteiger partial charge in [0.15, 0.2) is 0 Å². The van der Waals surface area contributed by atoms with Gasteiger partial charge in [-0.05, 0) is 55.5 Å². The lowest BCUT2D eigenvalue weighted by Gasteiger charge is -2.44. The van der Waals surface area contributed by atoms with Crippen molar-refractivity contribution < 1.29 is 14.3 Å². The Labute approximate surface area is 151 Å². The van der Waals surface area contributed by atoms with E-state index in [2.05, 4.69) is 39.7 Å². The van der Waals surface area contributed by atoms with Crippen LogP contribution in [-0.4, -0.2) is 35.9 Å². The maximum Gasteiger partial charge on any atom is 0.380 e. The van der Waals surface area contributed by atoms with E-state index in [0.29, 0.717) is 23.1 Å². The number of anilines is 1. The number of ketones is 1. The zero-order chi connectivity index (χ0) is 18.2. The fourth-order valence-electron chi connectivity index (χ4n) is 2.86. The number of aromatic nitrogens is 1. The summed E-state index contributed by atoms with van der Waals surface area (Å²) in [5.41, 5.74) is 2.48.